The molecule has 2 heteroatoms. The minimum absolute atomic E-state index is 0.637. The Bertz CT molecular complexity index is 309. The molecule has 1 aromatic carbocycles. The molecule has 0 fully saturated rings. The van der Waals surface area contributed by atoms with Gasteiger partial charge in [0.05, 0.1) is 0 Å². The van der Waals surface area contributed by atoms with Crippen molar-refractivity contribution in [2.75, 3.05) is 13.6 Å². The van der Waals surface area contributed by atoms with Crippen LogP contribution in [0.2, 0.25) is 0 Å². The quantitative estimate of drug-likeness (QED) is 0.859. The molecule has 0 spiro atoms. The van der Waals surface area contributed by atoms with Gasteiger partial charge in [-0.15, -0.1) is 0 Å². The molecule has 15 heavy (non-hydrogen) atoms. The van der Waals surface area contributed by atoms with Gasteiger partial charge in [0.25, 0.3) is 0 Å². The maximum atomic E-state index is 3.66. The van der Waals surface area contributed by atoms with E-state index in [-0.39, 0.29) is 0 Å². The minimum Gasteiger partial charge on any atom is -0.319 e. The predicted molar refractivity (Wildman–Crippen MR) is 70.5 cm³/mol. The van der Waals surface area contributed by atoms with Crippen LogP contribution in [0.15, 0.2) is 22.7 Å². The lowest BCUT2D eigenvalue weighted by atomic mass is 9.97. The average Bonchev–Trinajstić information content (AvgIpc) is 2.25. The predicted octanol–water partition coefficient (Wildman–Crippen LogP) is 3.72. The van der Waals surface area contributed by atoms with Crippen molar-refractivity contribution in [2.45, 2.75) is 32.6 Å². The maximum Gasteiger partial charge on any atom is 0.0212 e. The summed E-state index contributed by atoms with van der Waals surface area (Å²) in [5.41, 5.74) is 2.81. The normalized spacial score (nSPS) is 12.8. The van der Waals surface area contributed by atoms with E-state index in [1.165, 1.54) is 22.0 Å². The smallest absolute Gasteiger partial charge is 0.0212 e. The SMILES string of the molecule is CCC(C)c1ccc(CCNC)cc1Br. The van der Waals surface area contributed by atoms with Gasteiger partial charge < -0.3 is 5.32 Å². The lowest BCUT2D eigenvalue weighted by Gasteiger charge is -2.12. The molecule has 1 N–H and O–H groups in total. The first-order valence-corrected chi connectivity index (χ1v) is 6.41. The van der Waals surface area contributed by atoms with Gasteiger partial charge >= 0.3 is 0 Å². The van der Waals surface area contributed by atoms with Gasteiger partial charge in [0.2, 0.25) is 0 Å². The summed E-state index contributed by atoms with van der Waals surface area (Å²) >= 11 is 3.66. The first-order valence-electron chi connectivity index (χ1n) is 5.62. The van der Waals surface area contributed by atoms with Gasteiger partial charge in [-0.2, -0.15) is 0 Å². The second-order valence-corrected chi connectivity index (χ2v) is 4.87. The molecule has 0 aliphatic rings. The van der Waals surface area contributed by atoms with Gasteiger partial charge in [-0.1, -0.05) is 41.9 Å². The van der Waals surface area contributed by atoms with Crippen molar-refractivity contribution < 1.29 is 0 Å². The van der Waals surface area contributed by atoms with Crippen LogP contribution < -0.4 is 5.32 Å². The zero-order valence-corrected chi connectivity index (χ0v) is 11.4. The Morgan fingerprint density at radius 3 is 2.67 bits per heavy atom. The zero-order chi connectivity index (χ0) is 11.3. The third-order valence-electron chi connectivity index (χ3n) is 2.87. The summed E-state index contributed by atoms with van der Waals surface area (Å²) in [6, 6.07) is 6.74. The molecular formula is C13H20BrN. The van der Waals surface area contributed by atoms with Gasteiger partial charge in [0.15, 0.2) is 0 Å². The monoisotopic (exact) mass is 269 g/mol. The highest BCUT2D eigenvalue weighted by atomic mass is 79.9. The van der Waals surface area contributed by atoms with E-state index in [9.17, 15) is 0 Å². The molecule has 0 bridgehead atoms. The third-order valence-corrected chi connectivity index (χ3v) is 3.56. The number of nitrogens with one attached hydrogen (secondary N) is 1. The number of halogens is 1. The molecule has 1 nitrogen and oxygen atoms in total. The van der Waals surface area contributed by atoms with E-state index in [2.05, 4.69) is 53.3 Å². The molecule has 1 rings (SSSR count). The van der Waals surface area contributed by atoms with Crippen LogP contribution in [0.5, 0.6) is 0 Å². The van der Waals surface area contributed by atoms with Crippen LogP contribution in [-0.4, -0.2) is 13.6 Å². The highest BCUT2D eigenvalue weighted by molar-refractivity contribution is 9.10. The first kappa shape index (κ1) is 12.7. The Morgan fingerprint density at radius 1 is 1.40 bits per heavy atom. The number of hydrogen-bond acceptors (Lipinski definition) is 1. The fraction of sp³-hybridized carbons (Fsp3) is 0.538. The Balaban J connectivity index is 2.78. The second kappa shape index (κ2) is 6.29. The Hall–Kier alpha value is -0.340. The molecular weight excluding hydrogens is 250 g/mol. The van der Waals surface area contributed by atoms with E-state index >= 15 is 0 Å². The molecule has 1 unspecified atom stereocenters. The summed E-state index contributed by atoms with van der Waals surface area (Å²) in [6.07, 6.45) is 2.28. The lowest BCUT2D eigenvalue weighted by molar-refractivity contribution is 0.728. The summed E-state index contributed by atoms with van der Waals surface area (Å²) in [4.78, 5) is 0. The van der Waals surface area contributed by atoms with Crippen LogP contribution in [0.25, 0.3) is 0 Å². The molecule has 0 aliphatic heterocycles. The molecule has 0 amide bonds. The van der Waals surface area contributed by atoms with Crippen molar-refractivity contribution >= 4 is 15.9 Å². The Morgan fingerprint density at radius 2 is 2.13 bits per heavy atom. The van der Waals surface area contributed by atoms with E-state index in [1.807, 2.05) is 7.05 Å². The minimum atomic E-state index is 0.637. The van der Waals surface area contributed by atoms with Crippen LogP contribution in [0.3, 0.4) is 0 Å². The van der Waals surface area contributed by atoms with Crippen LogP contribution in [0.4, 0.5) is 0 Å². The number of rotatable bonds is 5. The zero-order valence-electron chi connectivity index (χ0n) is 9.81. The molecule has 0 saturated carbocycles. The van der Waals surface area contributed by atoms with Crippen molar-refractivity contribution in [3.8, 4) is 0 Å². The van der Waals surface area contributed by atoms with Crippen molar-refractivity contribution in [1.29, 1.82) is 0 Å². The summed E-state index contributed by atoms with van der Waals surface area (Å²) in [5, 5.41) is 3.17. The van der Waals surface area contributed by atoms with Crippen LogP contribution in [0, 0.1) is 0 Å². The van der Waals surface area contributed by atoms with E-state index in [1.54, 1.807) is 0 Å². The van der Waals surface area contributed by atoms with Gasteiger partial charge in [0.1, 0.15) is 0 Å². The molecule has 0 heterocycles. The van der Waals surface area contributed by atoms with Gasteiger partial charge in [-0.3, -0.25) is 0 Å². The van der Waals surface area contributed by atoms with Crippen LogP contribution in [-0.2, 0) is 6.42 Å². The number of likely N-dealkylation sites (N-methyl/N-ethyl adjacent to an activating group) is 1. The summed E-state index contributed by atoms with van der Waals surface area (Å²) in [5.74, 6) is 0.637. The van der Waals surface area contributed by atoms with Crippen molar-refractivity contribution in [3.63, 3.8) is 0 Å². The van der Waals surface area contributed by atoms with Crippen LogP contribution in [0.1, 0.15) is 37.3 Å². The van der Waals surface area contributed by atoms with Gasteiger partial charge in [-0.25, -0.2) is 0 Å². The fourth-order valence-electron chi connectivity index (χ4n) is 1.62. The largest absolute Gasteiger partial charge is 0.319 e. The topological polar surface area (TPSA) is 12.0 Å². The Labute approximate surface area is 101 Å². The van der Waals surface area contributed by atoms with E-state index in [0.29, 0.717) is 5.92 Å². The first-order chi connectivity index (χ1) is 7.19. The lowest BCUT2D eigenvalue weighted by Crippen LogP contribution is -2.10. The van der Waals surface area contributed by atoms with Crippen molar-refractivity contribution in [2.24, 2.45) is 0 Å². The highest BCUT2D eigenvalue weighted by Gasteiger charge is 2.07. The fourth-order valence-corrected chi connectivity index (χ4v) is 2.43. The van der Waals surface area contributed by atoms with E-state index in [0.717, 1.165) is 13.0 Å². The van der Waals surface area contributed by atoms with Gasteiger partial charge in [-0.05, 0) is 49.5 Å². The van der Waals surface area contributed by atoms with Crippen LogP contribution >= 0.6 is 15.9 Å². The van der Waals surface area contributed by atoms with Crippen molar-refractivity contribution in [3.05, 3.63) is 33.8 Å². The Kier molecular flexibility index (Phi) is 5.34. The van der Waals surface area contributed by atoms with Gasteiger partial charge in [0, 0.05) is 4.47 Å². The molecule has 84 valence electrons. The molecule has 0 radical (unpaired) electrons. The highest BCUT2D eigenvalue weighted by Crippen LogP contribution is 2.27. The molecule has 0 saturated heterocycles. The standard InChI is InChI=1S/C13H20BrN/c1-4-10(2)12-6-5-11(7-8-15-3)9-13(12)14/h5-6,9-10,15H,4,7-8H2,1-3H3. The third kappa shape index (κ3) is 3.62. The maximum absolute atomic E-state index is 3.66. The van der Waals surface area contributed by atoms with Crippen molar-refractivity contribution in [1.82, 2.24) is 5.32 Å². The molecule has 1 aromatic rings. The number of hydrogen-bond donors (Lipinski definition) is 1. The summed E-state index contributed by atoms with van der Waals surface area (Å²) < 4.78 is 1.26. The average molecular weight is 270 g/mol. The summed E-state index contributed by atoms with van der Waals surface area (Å²) in [7, 11) is 1.99. The van der Waals surface area contributed by atoms with E-state index < -0.39 is 0 Å². The number of benzene rings is 1. The summed E-state index contributed by atoms with van der Waals surface area (Å²) in [6.45, 7) is 5.54. The second-order valence-electron chi connectivity index (χ2n) is 4.02. The molecule has 0 aromatic heterocycles. The molecule has 0 aliphatic carbocycles. The van der Waals surface area contributed by atoms with E-state index in [4.69, 9.17) is 0 Å². The molecule has 1 atom stereocenters.